The third kappa shape index (κ3) is 6.25. The summed E-state index contributed by atoms with van der Waals surface area (Å²) in [5.74, 6) is -0.919. The van der Waals surface area contributed by atoms with Crippen LogP contribution >= 0.6 is 0 Å². The highest BCUT2D eigenvalue weighted by molar-refractivity contribution is 5.92. The Balaban J connectivity index is 2.63. The molecule has 1 amide bonds. The number of aliphatic carboxylic acids is 1. The van der Waals surface area contributed by atoms with Crippen LogP contribution in [0.4, 0.5) is 0 Å². The number of benzene rings is 1. The van der Waals surface area contributed by atoms with Gasteiger partial charge in [-0.2, -0.15) is 0 Å². The number of hydrogen-bond donors (Lipinski definition) is 1. The van der Waals surface area contributed by atoms with Gasteiger partial charge in [0.1, 0.15) is 0 Å². The van der Waals surface area contributed by atoms with Crippen LogP contribution in [0.2, 0.25) is 0 Å². The molecule has 4 nitrogen and oxygen atoms in total. The van der Waals surface area contributed by atoms with E-state index in [1.54, 1.807) is 17.1 Å². The summed E-state index contributed by atoms with van der Waals surface area (Å²) < 4.78 is 0. The summed E-state index contributed by atoms with van der Waals surface area (Å²) in [7, 11) is 0. The quantitative estimate of drug-likeness (QED) is 0.785. The minimum Gasteiger partial charge on any atom is -0.481 e. The summed E-state index contributed by atoms with van der Waals surface area (Å²) in [5.41, 5.74) is 2.15. The monoisotopic (exact) mass is 289 g/mol. The van der Waals surface area contributed by atoms with Gasteiger partial charge in [-0.25, -0.2) is 0 Å². The number of carboxylic acids is 1. The summed E-state index contributed by atoms with van der Waals surface area (Å²) in [6, 6.07) is 7.97. The Morgan fingerprint density at radius 1 is 1.24 bits per heavy atom. The maximum absolute atomic E-state index is 12.2. The van der Waals surface area contributed by atoms with Crippen molar-refractivity contribution >= 4 is 18.0 Å². The van der Waals surface area contributed by atoms with Gasteiger partial charge in [-0.1, -0.05) is 29.8 Å². The number of rotatable bonds is 7. The van der Waals surface area contributed by atoms with Gasteiger partial charge in [-0.15, -0.1) is 0 Å². The SMILES string of the molecule is Cc1ccc(/C=C/C(=O)N(CCCC(=O)O)C(C)C)cc1. The molecule has 21 heavy (non-hydrogen) atoms. The van der Waals surface area contributed by atoms with Crippen LogP contribution in [0.1, 0.15) is 37.8 Å². The van der Waals surface area contributed by atoms with Crippen molar-refractivity contribution in [3.8, 4) is 0 Å². The average Bonchev–Trinajstić information content (AvgIpc) is 2.42. The highest BCUT2D eigenvalue weighted by Gasteiger charge is 2.14. The topological polar surface area (TPSA) is 57.6 Å². The van der Waals surface area contributed by atoms with E-state index < -0.39 is 5.97 Å². The van der Waals surface area contributed by atoms with Crippen LogP contribution in [0, 0.1) is 6.92 Å². The molecule has 1 N–H and O–H groups in total. The predicted molar refractivity (Wildman–Crippen MR) is 83.9 cm³/mol. The number of amides is 1. The minimum absolute atomic E-state index is 0.0500. The molecule has 1 aromatic rings. The highest BCUT2D eigenvalue weighted by atomic mass is 16.4. The van der Waals surface area contributed by atoms with E-state index in [0.717, 1.165) is 5.56 Å². The van der Waals surface area contributed by atoms with Crippen molar-refractivity contribution in [2.45, 2.75) is 39.7 Å². The molecule has 1 rings (SSSR count). The molecule has 0 saturated heterocycles. The summed E-state index contributed by atoms with van der Waals surface area (Å²) in [6.45, 7) is 6.33. The van der Waals surface area contributed by atoms with Gasteiger partial charge in [-0.3, -0.25) is 9.59 Å². The summed E-state index contributed by atoms with van der Waals surface area (Å²) in [4.78, 5) is 24.4. The van der Waals surface area contributed by atoms with Gasteiger partial charge < -0.3 is 10.0 Å². The number of carbonyl (C=O) groups excluding carboxylic acids is 1. The van der Waals surface area contributed by atoms with E-state index >= 15 is 0 Å². The van der Waals surface area contributed by atoms with Gasteiger partial charge in [0.05, 0.1) is 0 Å². The van der Waals surface area contributed by atoms with Gasteiger partial charge in [0.25, 0.3) is 0 Å². The molecule has 0 heterocycles. The van der Waals surface area contributed by atoms with Crippen LogP contribution < -0.4 is 0 Å². The standard InChI is InChI=1S/C17H23NO3/c1-13(2)18(12-4-5-17(20)21)16(19)11-10-15-8-6-14(3)7-9-15/h6-11,13H,4-5,12H2,1-3H3,(H,20,21)/b11-10+. The molecular weight excluding hydrogens is 266 g/mol. The summed E-state index contributed by atoms with van der Waals surface area (Å²) in [5, 5.41) is 8.66. The van der Waals surface area contributed by atoms with E-state index in [9.17, 15) is 9.59 Å². The highest BCUT2D eigenvalue weighted by Crippen LogP contribution is 2.08. The summed E-state index contributed by atoms with van der Waals surface area (Å²) in [6.07, 6.45) is 3.88. The van der Waals surface area contributed by atoms with E-state index in [1.165, 1.54) is 5.56 Å². The normalized spacial score (nSPS) is 11.0. The molecule has 0 atom stereocenters. The molecule has 0 aliphatic heterocycles. The van der Waals surface area contributed by atoms with Crippen LogP contribution in [0.3, 0.4) is 0 Å². The zero-order chi connectivity index (χ0) is 15.8. The van der Waals surface area contributed by atoms with Gasteiger partial charge >= 0.3 is 5.97 Å². The van der Waals surface area contributed by atoms with Crippen molar-refractivity contribution in [1.29, 1.82) is 0 Å². The van der Waals surface area contributed by atoms with Crippen molar-refractivity contribution in [2.75, 3.05) is 6.54 Å². The number of carbonyl (C=O) groups is 2. The maximum atomic E-state index is 12.2. The lowest BCUT2D eigenvalue weighted by Crippen LogP contribution is -2.36. The number of nitrogens with zero attached hydrogens (tertiary/aromatic N) is 1. The smallest absolute Gasteiger partial charge is 0.303 e. The van der Waals surface area contributed by atoms with Crippen LogP contribution in [0.5, 0.6) is 0 Å². The fourth-order valence-corrected chi connectivity index (χ4v) is 1.96. The first kappa shape index (κ1) is 17.0. The zero-order valence-corrected chi connectivity index (χ0v) is 12.9. The Bertz CT molecular complexity index is 503. The zero-order valence-electron chi connectivity index (χ0n) is 12.9. The second-order valence-corrected chi connectivity index (χ2v) is 5.37. The van der Waals surface area contributed by atoms with E-state index in [0.29, 0.717) is 13.0 Å². The van der Waals surface area contributed by atoms with Gasteiger partial charge in [0.2, 0.25) is 5.91 Å². The molecule has 1 aromatic carbocycles. The molecule has 0 aliphatic carbocycles. The molecule has 0 aromatic heterocycles. The van der Waals surface area contributed by atoms with Crippen LogP contribution in [-0.4, -0.2) is 34.5 Å². The van der Waals surface area contributed by atoms with Gasteiger partial charge in [0, 0.05) is 25.1 Å². The maximum Gasteiger partial charge on any atom is 0.303 e. The first-order chi connectivity index (χ1) is 9.90. The molecule has 0 unspecified atom stereocenters. The van der Waals surface area contributed by atoms with Crippen molar-refractivity contribution in [1.82, 2.24) is 4.90 Å². The van der Waals surface area contributed by atoms with Gasteiger partial charge in [0.15, 0.2) is 0 Å². The lowest BCUT2D eigenvalue weighted by Gasteiger charge is -2.25. The third-order valence-electron chi connectivity index (χ3n) is 3.19. The third-order valence-corrected chi connectivity index (χ3v) is 3.19. The van der Waals surface area contributed by atoms with E-state index in [-0.39, 0.29) is 18.4 Å². The van der Waals surface area contributed by atoms with E-state index in [4.69, 9.17) is 5.11 Å². The Labute approximate surface area is 126 Å². The lowest BCUT2D eigenvalue weighted by molar-refractivity contribution is -0.138. The van der Waals surface area contributed by atoms with E-state index in [1.807, 2.05) is 45.0 Å². The van der Waals surface area contributed by atoms with Crippen LogP contribution in [0.25, 0.3) is 6.08 Å². The minimum atomic E-state index is -0.832. The molecule has 4 heteroatoms. The molecule has 114 valence electrons. The molecule has 0 radical (unpaired) electrons. The number of hydrogen-bond acceptors (Lipinski definition) is 2. The van der Waals surface area contributed by atoms with Crippen LogP contribution in [-0.2, 0) is 9.59 Å². The van der Waals surface area contributed by atoms with Crippen LogP contribution in [0.15, 0.2) is 30.3 Å². The van der Waals surface area contributed by atoms with Gasteiger partial charge in [-0.05, 0) is 38.8 Å². The molecule has 0 bridgehead atoms. The first-order valence-corrected chi connectivity index (χ1v) is 7.17. The average molecular weight is 289 g/mol. The second-order valence-electron chi connectivity index (χ2n) is 5.37. The number of carboxylic acid groups (broad SMARTS) is 1. The Hall–Kier alpha value is -2.10. The van der Waals surface area contributed by atoms with E-state index in [2.05, 4.69) is 0 Å². The fourth-order valence-electron chi connectivity index (χ4n) is 1.96. The number of aryl methyl sites for hydroxylation is 1. The molecule has 0 spiro atoms. The Morgan fingerprint density at radius 3 is 2.38 bits per heavy atom. The largest absolute Gasteiger partial charge is 0.481 e. The Morgan fingerprint density at radius 2 is 1.86 bits per heavy atom. The van der Waals surface area contributed by atoms with Crippen molar-refractivity contribution < 1.29 is 14.7 Å². The van der Waals surface area contributed by atoms with Crippen molar-refractivity contribution in [3.63, 3.8) is 0 Å². The molecule has 0 aliphatic rings. The lowest BCUT2D eigenvalue weighted by atomic mass is 10.1. The summed E-state index contributed by atoms with van der Waals surface area (Å²) >= 11 is 0. The molecular formula is C17H23NO3. The van der Waals surface area contributed by atoms with Crippen molar-refractivity contribution in [3.05, 3.63) is 41.5 Å². The fraction of sp³-hybridized carbons (Fsp3) is 0.412. The molecule has 0 saturated carbocycles. The van der Waals surface area contributed by atoms with Crippen molar-refractivity contribution in [2.24, 2.45) is 0 Å². The predicted octanol–water partition coefficient (Wildman–Crippen LogP) is 3.11. The Kier molecular flexibility index (Phi) is 6.66. The first-order valence-electron chi connectivity index (χ1n) is 7.17. The molecule has 0 fully saturated rings. The second kappa shape index (κ2) is 8.25.